The molecule has 0 aromatic rings. The molecule has 16 heavy (non-hydrogen) atoms. The van der Waals surface area contributed by atoms with Crippen molar-refractivity contribution in [2.24, 2.45) is 5.92 Å². The standard InChI is InChI=1S/C14H30N2/c1-3-5-6-12-16(11-4-2)13-14-7-9-15-10-8-14/h14-15H,3-13H2,1-2H3. The van der Waals surface area contributed by atoms with E-state index in [4.69, 9.17) is 0 Å². The Balaban J connectivity index is 2.19. The van der Waals surface area contributed by atoms with Crippen LogP contribution in [0.3, 0.4) is 0 Å². The third-order valence-electron chi connectivity index (χ3n) is 3.59. The van der Waals surface area contributed by atoms with Crippen LogP contribution in [0.4, 0.5) is 0 Å². The lowest BCUT2D eigenvalue weighted by Gasteiger charge is -2.29. The van der Waals surface area contributed by atoms with Crippen molar-refractivity contribution < 1.29 is 0 Å². The highest BCUT2D eigenvalue weighted by molar-refractivity contribution is 4.72. The normalized spacial score (nSPS) is 18.2. The Labute approximate surface area is 102 Å². The van der Waals surface area contributed by atoms with E-state index in [1.54, 1.807) is 0 Å². The van der Waals surface area contributed by atoms with Gasteiger partial charge < -0.3 is 10.2 Å². The highest BCUT2D eigenvalue weighted by Crippen LogP contribution is 2.14. The molecule has 0 aliphatic carbocycles. The topological polar surface area (TPSA) is 15.3 Å². The first-order valence-corrected chi connectivity index (χ1v) is 7.29. The third-order valence-corrected chi connectivity index (χ3v) is 3.59. The van der Waals surface area contributed by atoms with Crippen LogP contribution >= 0.6 is 0 Å². The van der Waals surface area contributed by atoms with Crippen LogP contribution in [0, 0.1) is 5.92 Å². The maximum Gasteiger partial charge on any atom is 0.00106 e. The molecule has 96 valence electrons. The van der Waals surface area contributed by atoms with Crippen LogP contribution in [-0.4, -0.2) is 37.6 Å². The van der Waals surface area contributed by atoms with E-state index in [9.17, 15) is 0 Å². The summed E-state index contributed by atoms with van der Waals surface area (Å²) >= 11 is 0. The molecule has 0 aromatic heterocycles. The molecule has 0 bridgehead atoms. The predicted octanol–water partition coefficient (Wildman–Crippen LogP) is 2.89. The SMILES string of the molecule is CCCCCN(CCC)CC1CCNCC1. The Morgan fingerprint density at radius 1 is 1.00 bits per heavy atom. The third kappa shape index (κ3) is 5.86. The molecule has 0 saturated carbocycles. The summed E-state index contributed by atoms with van der Waals surface area (Å²) in [6, 6.07) is 0. The Kier molecular flexibility index (Phi) is 7.87. The molecule has 2 heteroatoms. The zero-order chi connectivity index (χ0) is 11.6. The highest BCUT2D eigenvalue weighted by Gasteiger charge is 2.16. The fourth-order valence-electron chi connectivity index (χ4n) is 2.63. The summed E-state index contributed by atoms with van der Waals surface area (Å²) < 4.78 is 0. The second kappa shape index (κ2) is 9.00. The van der Waals surface area contributed by atoms with Gasteiger partial charge in [-0.25, -0.2) is 0 Å². The van der Waals surface area contributed by atoms with E-state index in [1.165, 1.54) is 71.2 Å². The Bertz CT molecular complexity index is 153. The monoisotopic (exact) mass is 226 g/mol. The molecule has 1 aliphatic heterocycles. The molecule has 0 atom stereocenters. The Morgan fingerprint density at radius 3 is 2.38 bits per heavy atom. The molecule has 0 radical (unpaired) electrons. The van der Waals surface area contributed by atoms with Gasteiger partial charge in [0.2, 0.25) is 0 Å². The zero-order valence-corrected chi connectivity index (χ0v) is 11.3. The van der Waals surface area contributed by atoms with E-state index in [0.29, 0.717) is 0 Å². The Morgan fingerprint density at radius 2 is 1.75 bits per heavy atom. The second-order valence-electron chi connectivity index (χ2n) is 5.20. The first-order chi connectivity index (χ1) is 7.86. The molecule has 1 rings (SSSR count). The lowest BCUT2D eigenvalue weighted by atomic mass is 9.97. The molecule has 1 saturated heterocycles. The molecule has 1 fully saturated rings. The van der Waals surface area contributed by atoms with Gasteiger partial charge >= 0.3 is 0 Å². The van der Waals surface area contributed by atoms with Gasteiger partial charge in [0.1, 0.15) is 0 Å². The zero-order valence-electron chi connectivity index (χ0n) is 11.3. The summed E-state index contributed by atoms with van der Waals surface area (Å²) in [7, 11) is 0. The summed E-state index contributed by atoms with van der Waals surface area (Å²) in [6.45, 7) is 11.0. The van der Waals surface area contributed by atoms with Crippen LogP contribution in [-0.2, 0) is 0 Å². The summed E-state index contributed by atoms with van der Waals surface area (Å²) in [5.41, 5.74) is 0. The number of unbranched alkanes of at least 4 members (excludes halogenated alkanes) is 2. The van der Waals surface area contributed by atoms with E-state index in [-0.39, 0.29) is 0 Å². The maximum absolute atomic E-state index is 3.45. The van der Waals surface area contributed by atoms with Crippen LogP contribution in [0.1, 0.15) is 52.4 Å². The van der Waals surface area contributed by atoms with Gasteiger partial charge in [0.25, 0.3) is 0 Å². The predicted molar refractivity (Wildman–Crippen MR) is 71.8 cm³/mol. The van der Waals surface area contributed by atoms with Gasteiger partial charge in [0, 0.05) is 6.54 Å². The van der Waals surface area contributed by atoms with Crippen LogP contribution < -0.4 is 5.32 Å². The summed E-state index contributed by atoms with van der Waals surface area (Å²) in [4.78, 5) is 2.70. The van der Waals surface area contributed by atoms with Gasteiger partial charge in [0.05, 0.1) is 0 Å². The van der Waals surface area contributed by atoms with Crippen molar-refractivity contribution in [2.75, 3.05) is 32.7 Å². The molecule has 1 N–H and O–H groups in total. The van der Waals surface area contributed by atoms with Gasteiger partial charge in [0.15, 0.2) is 0 Å². The van der Waals surface area contributed by atoms with Gasteiger partial charge in [-0.05, 0) is 57.8 Å². The molecular formula is C14H30N2. The summed E-state index contributed by atoms with van der Waals surface area (Å²) in [6.07, 6.45) is 8.19. The largest absolute Gasteiger partial charge is 0.317 e. The quantitative estimate of drug-likeness (QED) is 0.640. The first kappa shape index (κ1) is 14.0. The Hall–Kier alpha value is -0.0800. The number of nitrogens with one attached hydrogen (secondary N) is 1. The van der Waals surface area contributed by atoms with E-state index in [2.05, 4.69) is 24.1 Å². The minimum atomic E-state index is 0.953. The molecule has 0 amide bonds. The minimum absolute atomic E-state index is 0.953. The van der Waals surface area contributed by atoms with Crippen molar-refractivity contribution in [3.63, 3.8) is 0 Å². The number of hydrogen-bond donors (Lipinski definition) is 1. The van der Waals surface area contributed by atoms with Crippen molar-refractivity contribution in [1.29, 1.82) is 0 Å². The van der Waals surface area contributed by atoms with Gasteiger partial charge in [-0.2, -0.15) is 0 Å². The summed E-state index contributed by atoms with van der Waals surface area (Å²) in [5.74, 6) is 0.953. The van der Waals surface area contributed by atoms with Crippen LogP contribution in [0.2, 0.25) is 0 Å². The molecule has 1 heterocycles. The molecule has 1 aliphatic rings. The second-order valence-corrected chi connectivity index (χ2v) is 5.20. The van der Waals surface area contributed by atoms with Crippen molar-refractivity contribution >= 4 is 0 Å². The highest BCUT2D eigenvalue weighted by atomic mass is 15.1. The molecule has 0 spiro atoms. The molecular weight excluding hydrogens is 196 g/mol. The lowest BCUT2D eigenvalue weighted by molar-refractivity contribution is 0.202. The summed E-state index contributed by atoms with van der Waals surface area (Å²) in [5, 5.41) is 3.45. The van der Waals surface area contributed by atoms with E-state index in [0.717, 1.165) is 5.92 Å². The number of piperidine rings is 1. The fourth-order valence-corrected chi connectivity index (χ4v) is 2.63. The average molecular weight is 226 g/mol. The van der Waals surface area contributed by atoms with Crippen LogP contribution in [0.15, 0.2) is 0 Å². The maximum atomic E-state index is 3.45. The average Bonchev–Trinajstić information content (AvgIpc) is 2.31. The molecule has 2 nitrogen and oxygen atoms in total. The fraction of sp³-hybridized carbons (Fsp3) is 1.00. The molecule has 0 unspecified atom stereocenters. The van der Waals surface area contributed by atoms with E-state index >= 15 is 0 Å². The van der Waals surface area contributed by atoms with Gasteiger partial charge in [-0.15, -0.1) is 0 Å². The number of hydrogen-bond acceptors (Lipinski definition) is 2. The first-order valence-electron chi connectivity index (χ1n) is 7.29. The van der Waals surface area contributed by atoms with Crippen molar-refractivity contribution in [3.8, 4) is 0 Å². The smallest absolute Gasteiger partial charge is 0.00106 e. The van der Waals surface area contributed by atoms with Gasteiger partial charge in [-0.1, -0.05) is 26.7 Å². The minimum Gasteiger partial charge on any atom is -0.317 e. The van der Waals surface area contributed by atoms with Crippen molar-refractivity contribution in [3.05, 3.63) is 0 Å². The van der Waals surface area contributed by atoms with Gasteiger partial charge in [-0.3, -0.25) is 0 Å². The number of rotatable bonds is 8. The van der Waals surface area contributed by atoms with E-state index < -0.39 is 0 Å². The van der Waals surface area contributed by atoms with Crippen molar-refractivity contribution in [1.82, 2.24) is 10.2 Å². The lowest BCUT2D eigenvalue weighted by Crippen LogP contribution is -2.37. The van der Waals surface area contributed by atoms with Crippen LogP contribution in [0.5, 0.6) is 0 Å². The number of nitrogens with zero attached hydrogens (tertiary/aromatic N) is 1. The van der Waals surface area contributed by atoms with Crippen molar-refractivity contribution in [2.45, 2.75) is 52.4 Å². The molecule has 0 aromatic carbocycles. The van der Waals surface area contributed by atoms with E-state index in [1.807, 2.05) is 0 Å². The van der Waals surface area contributed by atoms with Crippen LogP contribution in [0.25, 0.3) is 0 Å².